The van der Waals surface area contributed by atoms with Crippen LogP contribution >= 0.6 is 11.8 Å². The van der Waals surface area contributed by atoms with E-state index in [1.807, 2.05) is 18.2 Å². The van der Waals surface area contributed by atoms with Crippen molar-refractivity contribution >= 4 is 28.7 Å². The summed E-state index contributed by atoms with van der Waals surface area (Å²) < 4.78 is 0. The first-order valence-corrected chi connectivity index (χ1v) is 8.36. The molecule has 0 spiro atoms. The van der Waals surface area contributed by atoms with Crippen molar-refractivity contribution in [1.29, 1.82) is 5.26 Å². The zero-order valence-corrected chi connectivity index (χ0v) is 13.1. The lowest BCUT2D eigenvalue weighted by Crippen LogP contribution is -1.94. The lowest BCUT2D eigenvalue weighted by atomic mass is 10.0. The molecule has 0 amide bonds. The molecule has 6 nitrogen and oxygen atoms in total. The van der Waals surface area contributed by atoms with Crippen LogP contribution in [0.3, 0.4) is 0 Å². The Hall–Kier alpha value is -2.59. The highest BCUT2D eigenvalue weighted by atomic mass is 32.2. The number of pyridine rings is 1. The molecule has 3 aromatic rings. The molecule has 0 bridgehead atoms. The van der Waals surface area contributed by atoms with E-state index < -0.39 is 0 Å². The van der Waals surface area contributed by atoms with E-state index in [0.717, 1.165) is 21.7 Å². The van der Waals surface area contributed by atoms with Crippen LogP contribution < -0.4 is 5.73 Å². The van der Waals surface area contributed by atoms with Gasteiger partial charge in [-0.05, 0) is 48.1 Å². The van der Waals surface area contributed by atoms with Gasteiger partial charge in [0.25, 0.3) is 0 Å². The molecule has 0 aliphatic heterocycles. The second-order valence-corrected chi connectivity index (χ2v) is 6.65. The third-order valence-electron chi connectivity index (χ3n) is 3.95. The number of nitriles is 1. The number of thioether (sulfide) groups is 1. The van der Waals surface area contributed by atoms with E-state index in [0.29, 0.717) is 17.4 Å². The van der Waals surface area contributed by atoms with E-state index in [2.05, 4.69) is 32.5 Å². The van der Waals surface area contributed by atoms with Gasteiger partial charge in [0.15, 0.2) is 0 Å². The molecule has 4 rings (SSSR count). The molecular weight excluding hydrogens is 308 g/mol. The van der Waals surface area contributed by atoms with E-state index in [1.165, 1.54) is 24.0 Å². The van der Waals surface area contributed by atoms with Crippen LogP contribution in [0.15, 0.2) is 29.2 Å². The summed E-state index contributed by atoms with van der Waals surface area (Å²) in [5.41, 5.74) is 10.4. The molecule has 1 saturated carbocycles. The number of nitrogens with two attached hydrogens (primary N) is 1. The minimum absolute atomic E-state index is 0.441. The third-order valence-corrected chi connectivity index (χ3v) is 5.03. The summed E-state index contributed by atoms with van der Waals surface area (Å²) in [5.74, 6) is 1.85. The number of aromatic nitrogens is 4. The third kappa shape index (κ3) is 2.73. The van der Waals surface area contributed by atoms with Crippen molar-refractivity contribution in [2.45, 2.75) is 29.4 Å². The van der Waals surface area contributed by atoms with Gasteiger partial charge in [0.05, 0.1) is 11.6 Å². The number of H-pyrrole nitrogens is 1. The summed E-state index contributed by atoms with van der Waals surface area (Å²) in [6, 6.07) is 10.0. The molecule has 1 aliphatic rings. The average Bonchev–Trinajstić information content (AvgIpc) is 3.30. The molecule has 114 valence electrons. The number of nitrogens with one attached hydrogen (secondary N) is 1. The van der Waals surface area contributed by atoms with Crippen LogP contribution in [-0.2, 0) is 5.75 Å². The van der Waals surface area contributed by atoms with Crippen molar-refractivity contribution in [1.82, 2.24) is 20.4 Å². The number of aromatic amines is 1. The smallest absolute Gasteiger partial charge is 0.204 e. The maximum absolute atomic E-state index is 9.09. The fraction of sp³-hybridized carbons (Fsp3) is 0.250. The Morgan fingerprint density at radius 2 is 2.17 bits per heavy atom. The maximum Gasteiger partial charge on any atom is 0.204 e. The Morgan fingerprint density at radius 3 is 2.96 bits per heavy atom. The fourth-order valence-electron chi connectivity index (χ4n) is 2.66. The summed E-state index contributed by atoms with van der Waals surface area (Å²) in [7, 11) is 0. The second kappa shape index (κ2) is 5.56. The molecule has 0 atom stereocenters. The van der Waals surface area contributed by atoms with Gasteiger partial charge in [0, 0.05) is 10.6 Å². The van der Waals surface area contributed by atoms with Crippen LogP contribution in [0.4, 0.5) is 5.82 Å². The predicted octanol–water partition coefficient (Wildman–Crippen LogP) is 2.98. The van der Waals surface area contributed by atoms with Crippen molar-refractivity contribution in [2.75, 3.05) is 5.73 Å². The van der Waals surface area contributed by atoms with Gasteiger partial charge in [-0.3, -0.25) is 0 Å². The normalized spacial score (nSPS) is 14.0. The van der Waals surface area contributed by atoms with E-state index >= 15 is 0 Å². The number of nitrogens with zero attached hydrogens (tertiary/aromatic N) is 4. The van der Waals surface area contributed by atoms with Gasteiger partial charge in [0.2, 0.25) is 5.65 Å². The van der Waals surface area contributed by atoms with Crippen molar-refractivity contribution < 1.29 is 0 Å². The zero-order chi connectivity index (χ0) is 15.8. The first kappa shape index (κ1) is 14.0. The van der Waals surface area contributed by atoms with Crippen LogP contribution in [0.25, 0.3) is 11.2 Å². The Kier molecular flexibility index (Phi) is 3.39. The SMILES string of the molecule is N#Cc1ccc(CSc2cc(N)nc3n[nH]nc23)c(C2CC2)c1. The molecule has 1 fully saturated rings. The molecule has 7 heteroatoms. The molecule has 0 unspecified atom stereocenters. The number of benzene rings is 1. The average molecular weight is 322 g/mol. The zero-order valence-electron chi connectivity index (χ0n) is 12.3. The van der Waals surface area contributed by atoms with Crippen LogP contribution in [0.2, 0.25) is 0 Å². The molecule has 2 heterocycles. The Bertz CT molecular complexity index is 922. The monoisotopic (exact) mass is 322 g/mol. The highest BCUT2D eigenvalue weighted by molar-refractivity contribution is 7.98. The van der Waals surface area contributed by atoms with Crippen molar-refractivity contribution in [3.63, 3.8) is 0 Å². The van der Waals surface area contributed by atoms with Gasteiger partial charge in [-0.25, -0.2) is 4.98 Å². The van der Waals surface area contributed by atoms with Crippen LogP contribution in [0, 0.1) is 11.3 Å². The highest BCUT2D eigenvalue weighted by Gasteiger charge is 2.26. The van der Waals surface area contributed by atoms with Crippen LogP contribution in [-0.4, -0.2) is 20.4 Å². The maximum atomic E-state index is 9.09. The number of fused-ring (bicyclic) bond motifs is 1. The molecule has 23 heavy (non-hydrogen) atoms. The number of nitrogen functional groups attached to an aromatic ring is 1. The summed E-state index contributed by atoms with van der Waals surface area (Å²) in [6.07, 6.45) is 2.42. The molecular formula is C16H14N6S. The summed E-state index contributed by atoms with van der Waals surface area (Å²) >= 11 is 1.67. The van der Waals surface area contributed by atoms with Crippen molar-refractivity contribution in [3.8, 4) is 6.07 Å². The van der Waals surface area contributed by atoms with Crippen molar-refractivity contribution in [3.05, 3.63) is 41.0 Å². The van der Waals surface area contributed by atoms with E-state index in [1.54, 1.807) is 11.8 Å². The summed E-state index contributed by atoms with van der Waals surface area (Å²) in [6.45, 7) is 0. The van der Waals surface area contributed by atoms with Gasteiger partial charge < -0.3 is 5.73 Å². The molecule has 1 aliphatic carbocycles. The van der Waals surface area contributed by atoms with Gasteiger partial charge in [-0.1, -0.05) is 6.07 Å². The van der Waals surface area contributed by atoms with Crippen LogP contribution in [0.5, 0.6) is 0 Å². The van der Waals surface area contributed by atoms with E-state index in [-0.39, 0.29) is 0 Å². The Balaban J connectivity index is 1.64. The first-order valence-electron chi connectivity index (χ1n) is 7.37. The minimum Gasteiger partial charge on any atom is -0.384 e. The second-order valence-electron chi connectivity index (χ2n) is 5.63. The van der Waals surface area contributed by atoms with Crippen LogP contribution in [0.1, 0.15) is 35.4 Å². The Morgan fingerprint density at radius 1 is 1.30 bits per heavy atom. The molecule has 2 aromatic heterocycles. The number of hydrogen-bond acceptors (Lipinski definition) is 6. The molecule has 3 N–H and O–H groups in total. The Labute approximate surface area is 137 Å². The van der Waals surface area contributed by atoms with Crippen molar-refractivity contribution in [2.24, 2.45) is 0 Å². The molecule has 1 aromatic carbocycles. The summed E-state index contributed by atoms with van der Waals surface area (Å²) in [4.78, 5) is 5.12. The molecule has 0 radical (unpaired) electrons. The quantitative estimate of drug-likeness (QED) is 0.716. The van der Waals surface area contributed by atoms with E-state index in [9.17, 15) is 0 Å². The van der Waals surface area contributed by atoms with Gasteiger partial charge in [-0.15, -0.1) is 16.9 Å². The number of rotatable bonds is 4. The van der Waals surface area contributed by atoms with E-state index in [4.69, 9.17) is 11.0 Å². The number of hydrogen-bond donors (Lipinski definition) is 2. The van der Waals surface area contributed by atoms with Gasteiger partial charge in [-0.2, -0.15) is 15.6 Å². The predicted molar refractivity (Wildman–Crippen MR) is 88.8 cm³/mol. The molecule has 0 saturated heterocycles. The first-order chi connectivity index (χ1) is 11.2. The highest BCUT2D eigenvalue weighted by Crippen LogP contribution is 2.43. The minimum atomic E-state index is 0.441. The lowest BCUT2D eigenvalue weighted by Gasteiger charge is -2.09. The standard InChI is InChI=1S/C16H14N6S/c17-7-9-1-2-11(12(5-9)10-3-4-10)8-23-13-6-14(18)19-16-15(13)20-22-21-16/h1-2,5-6,10H,3-4,8H2,(H3,18,19,20,21,22). The summed E-state index contributed by atoms with van der Waals surface area (Å²) in [5, 5.41) is 19.8. The van der Waals surface area contributed by atoms with Gasteiger partial charge in [0.1, 0.15) is 11.3 Å². The number of anilines is 1. The lowest BCUT2D eigenvalue weighted by molar-refractivity contribution is 0.953. The van der Waals surface area contributed by atoms with Gasteiger partial charge >= 0.3 is 0 Å². The largest absolute Gasteiger partial charge is 0.384 e. The fourth-order valence-corrected chi connectivity index (χ4v) is 3.71. The topological polar surface area (TPSA) is 104 Å².